The number of carboxylic acids is 1. The van der Waals surface area contributed by atoms with Gasteiger partial charge in [-0.15, -0.1) is 11.3 Å². The first kappa shape index (κ1) is 14.5. The molecule has 2 N–H and O–H groups in total. The SMILES string of the molecule is CC1(C)CCCC1NS(=O)(=O)c1ccc(C(=O)O)s1. The Morgan fingerprint density at radius 1 is 1.47 bits per heavy atom. The highest BCUT2D eigenvalue weighted by Crippen LogP contribution is 2.38. The van der Waals surface area contributed by atoms with E-state index in [2.05, 4.69) is 4.72 Å². The second-order valence-corrected chi connectivity index (χ2v) is 8.50. The molecule has 19 heavy (non-hydrogen) atoms. The zero-order chi connectivity index (χ0) is 14.3. The molecule has 1 heterocycles. The van der Waals surface area contributed by atoms with Crippen LogP contribution >= 0.6 is 11.3 Å². The maximum absolute atomic E-state index is 12.2. The lowest BCUT2D eigenvalue weighted by Crippen LogP contribution is -2.41. The second-order valence-electron chi connectivity index (χ2n) is 5.48. The van der Waals surface area contributed by atoms with Crippen LogP contribution in [0.4, 0.5) is 0 Å². The summed E-state index contributed by atoms with van der Waals surface area (Å²) < 4.78 is 27.2. The van der Waals surface area contributed by atoms with Gasteiger partial charge in [0.05, 0.1) is 0 Å². The largest absolute Gasteiger partial charge is 0.477 e. The summed E-state index contributed by atoms with van der Waals surface area (Å²) in [6, 6.07) is 2.58. The number of aromatic carboxylic acids is 1. The normalized spacial score (nSPS) is 22.5. The van der Waals surface area contributed by atoms with Crippen LogP contribution in [-0.4, -0.2) is 25.5 Å². The number of thiophene rings is 1. The fourth-order valence-corrected chi connectivity index (χ4v) is 4.97. The minimum atomic E-state index is -3.62. The monoisotopic (exact) mass is 303 g/mol. The third kappa shape index (κ3) is 2.98. The average Bonchev–Trinajstić information content (AvgIpc) is 2.86. The van der Waals surface area contributed by atoms with Gasteiger partial charge in [-0.2, -0.15) is 0 Å². The van der Waals surface area contributed by atoms with Crippen LogP contribution in [0.1, 0.15) is 42.8 Å². The van der Waals surface area contributed by atoms with Gasteiger partial charge in [0, 0.05) is 6.04 Å². The molecule has 1 atom stereocenters. The van der Waals surface area contributed by atoms with Crippen molar-refractivity contribution in [1.82, 2.24) is 4.72 Å². The van der Waals surface area contributed by atoms with Crippen molar-refractivity contribution in [2.75, 3.05) is 0 Å². The molecule has 0 saturated heterocycles. The van der Waals surface area contributed by atoms with Gasteiger partial charge in [0.1, 0.15) is 9.09 Å². The number of hydrogen-bond acceptors (Lipinski definition) is 4. The molecule has 106 valence electrons. The van der Waals surface area contributed by atoms with Crippen LogP contribution in [0.5, 0.6) is 0 Å². The minimum Gasteiger partial charge on any atom is -0.477 e. The predicted octanol–water partition coefficient (Wildman–Crippen LogP) is 2.30. The molecule has 1 saturated carbocycles. The van der Waals surface area contributed by atoms with Gasteiger partial charge < -0.3 is 5.11 Å². The Labute approximate surface area is 116 Å². The molecule has 1 aromatic rings. The minimum absolute atomic E-state index is 0.0334. The van der Waals surface area contributed by atoms with E-state index in [4.69, 9.17) is 5.11 Å². The zero-order valence-corrected chi connectivity index (χ0v) is 12.5. The van der Waals surface area contributed by atoms with Crippen LogP contribution in [0.2, 0.25) is 0 Å². The van der Waals surface area contributed by atoms with Gasteiger partial charge in [-0.1, -0.05) is 20.3 Å². The van der Waals surface area contributed by atoms with Crippen LogP contribution in [0.25, 0.3) is 0 Å². The standard InChI is InChI=1S/C12H17NO4S2/c1-12(2)7-3-4-9(12)13-19(16,17)10-6-5-8(18-10)11(14)15/h5-6,9,13H,3-4,7H2,1-2H3,(H,14,15). The number of hydrogen-bond donors (Lipinski definition) is 2. The summed E-state index contributed by atoms with van der Waals surface area (Å²) in [7, 11) is -3.62. The van der Waals surface area contributed by atoms with Crippen LogP contribution in [-0.2, 0) is 10.0 Å². The first-order chi connectivity index (χ1) is 8.72. The third-order valence-corrected chi connectivity index (χ3v) is 6.65. The lowest BCUT2D eigenvalue weighted by Gasteiger charge is -2.27. The van der Waals surface area contributed by atoms with E-state index in [-0.39, 0.29) is 20.5 Å². The Balaban J connectivity index is 2.20. The van der Waals surface area contributed by atoms with Crippen LogP contribution in [0.3, 0.4) is 0 Å². The highest BCUT2D eigenvalue weighted by atomic mass is 32.2. The second kappa shape index (κ2) is 4.88. The van der Waals surface area contributed by atoms with Gasteiger partial charge in [0.2, 0.25) is 10.0 Å². The van der Waals surface area contributed by atoms with Gasteiger partial charge in [0.25, 0.3) is 0 Å². The van der Waals surface area contributed by atoms with Crippen molar-refractivity contribution in [3.8, 4) is 0 Å². The topological polar surface area (TPSA) is 83.5 Å². The predicted molar refractivity (Wildman–Crippen MR) is 73.0 cm³/mol. The van der Waals surface area contributed by atoms with Crippen molar-refractivity contribution >= 4 is 27.3 Å². The Kier molecular flexibility index (Phi) is 3.72. The Morgan fingerprint density at radius 2 is 2.16 bits per heavy atom. The molecule has 1 aliphatic carbocycles. The van der Waals surface area contributed by atoms with Gasteiger partial charge in [-0.25, -0.2) is 17.9 Å². The summed E-state index contributed by atoms with van der Waals surface area (Å²) in [6.45, 7) is 4.09. The summed E-state index contributed by atoms with van der Waals surface area (Å²) in [5.41, 5.74) is -0.0556. The number of rotatable bonds is 4. The molecule has 5 nitrogen and oxygen atoms in total. The zero-order valence-electron chi connectivity index (χ0n) is 10.8. The highest BCUT2D eigenvalue weighted by molar-refractivity contribution is 7.91. The van der Waals surface area contributed by atoms with Crippen molar-refractivity contribution in [3.05, 3.63) is 17.0 Å². The maximum Gasteiger partial charge on any atom is 0.345 e. The van der Waals surface area contributed by atoms with E-state index < -0.39 is 16.0 Å². The molecular weight excluding hydrogens is 286 g/mol. The molecule has 7 heteroatoms. The average molecular weight is 303 g/mol. The number of nitrogens with one attached hydrogen (secondary N) is 1. The van der Waals surface area contributed by atoms with Crippen LogP contribution in [0.15, 0.2) is 16.3 Å². The summed E-state index contributed by atoms with van der Waals surface area (Å²) in [4.78, 5) is 10.8. The van der Waals surface area contributed by atoms with Crippen LogP contribution in [0, 0.1) is 5.41 Å². The maximum atomic E-state index is 12.2. The molecule has 0 spiro atoms. The quantitative estimate of drug-likeness (QED) is 0.894. The van der Waals surface area contributed by atoms with E-state index >= 15 is 0 Å². The van der Waals surface area contributed by atoms with Crippen molar-refractivity contribution in [2.24, 2.45) is 5.41 Å². The number of sulfonamides is 1. The molecule has 1 fully saturated rings. The van der Waals surface area contributed by atoms with E-state index in [1.807, 2.05) is 13.8 Å². The molecule has 1 unspecified atom stereocenters. The van der Waals surface area contributed by atoms with Crippen molar-refractivity contribution in [3.63, 3.8) is 0 Å². The molecular formula is C12H17NO4S2. The van der Waals surface area contributed by atoms with E-state index in [1.165, 1.54) is 12.1 Å². The van der Waals surface area contributed by atoms with Gasteiger partial charge in [-0.3, -0.25) is 0 Å². The van der Waals surface area contributed by atoms with E-state index in [9.17, 15) is 13.2 Å². The molecule has 0 aromatic carbocycles. The fourth-order valence-electron chi connectivity index (χ4n) is 2.37. The number of carbonyl (C=O) groups is 1. The van der Waals surface area contributed by atoms with Gasteiger partial charge in [0.15, 0.2) is 0 Å². The van der Waals surface area contributed by atoms with E-state index in [0.717, 1.165) is 30.6 Å². The van der Waals surface area contributed by atoms with Gasteiger partial charge >= 0.3 is 5.97 Å². The Bertz CT molecular complexity index is 589. The van der Waals surface area contributed by atoms with E-state index in [0.29, 0.717) is 0 Å². The Morgan fingerprint density at radius 3 is 2.63 bits per heavy atom. The number of carboxylic acid groups (broad SMARTS) is 1. The fraction of sp³-hybridized carbons (Fsp3) is 0.583. The Hall–Kier alpha value is -0.920. The lowest BCUT2D eigenvalue weighted by molar-refractivity contribution is 0.0702. The highest BCUT2D eigenvalue weighted by Gasteiger charge is 2.37. The first-order valence-corrected chi connectivity index (χ1v) is 8.38. The molecule has 1 aliphatic rings. The molecule has 0 radical (unpaired) electrons. The van der Waals surface area contributed by atoms with Gasteiger partial charge in [-0.05, 0) is 30.4 Å². The summed E-state index contributed by atoms with van der Waals surface area (Å²) in [6.07, 6.45) is 2.82. The summed E-state index contributed by atoms with van der Waals surface area (Å²) in [5.74, 6) is -1.10. The van der Waals surface area contributed by atoms with Crippen LogP contribution < -0.4 is 4.72 Å². The third-order valence-electron chi connectivity index (χ3n) is 3.61. The molecule has 2 rings (SSSR count). The molecule has 0 amide bonds. The lowest BCUT2D eigenvalue weighted by atomic mass is 9.88. The first-order valence-electron chi connectivity index (χ1n) is 6.08. The van der Waals surface area contributed by atoms with Crippen molar-refractivity contribution in [2.45, 2.75) is 43.4 Å². The summed E-state index contributed by atoms with van der Waals surface area (Å²) in [5, 5.41) is 8.83. The summed E-state index contributed by atoms with van der Waals surface area (Å²) >= 11 is 0.781. The smallest absolute Gasteiger partial charge is 0.345 e. The molecule has 0 bridgehead atoms. The van der Waals surface area contributed by atoms with Crippen molar-refractivity contribution < 1.29 is 18.3 Å². The van der Waals surface area contributed by atoms with Crippen molar-refractivity contribution in [1.29, 1.82) is 0 Å². The van der Waals surface area contributed by atoms with E-state index in [1.54, 1.807) is 0 Å². The molecule has 1 aromatic heterocycles. The molecule has 0 aliphatic heterocycles.